The third kappa shape index (κ3) is 3.25. The first kappa shape index (κ1) is 21.2. The summed E-state index contributed by atoms with van der Waals surface area (Å²) in [5.74, 6) is -2.07. The van der Waals surface area contributed by atoms with Crippen LogP contribution in [0.25, 0.3) is 0 Å². The van der Waals surface area contributed by atoms with E-state index in [1.807, 2.05) is 0 Å². The number of carbonyl (C=O) groups is 2. The Morgan fingerprint density at radius 2 is 1.65 bits per heavy atom. The molecule has 164 valence electrons. The molecule has 1 aliphatic carbocycles. The lowest BCUT2D eigenvalue weighted by atomic mass is 9.82. The summed E-state index contributed by atoms with van der Waals surface area (Å²) < 4.78 is 10.9. The van der Waals surface area contributed by atoms with Crippen molar-refractivity contribution in [2.24, 2.45) is 0 Å². The van der Waals surface area contributed by atoms with Crippen molar-refractivity contribution in [1.82, 2.24) is 0 Å². The molecule has 0 radical (unpaired) electrons. The zero-order valence-electron chi connectivity index (χ0n) is 16.2. The summed E-state index contributed by atoms with van der Waals surface area (Å²) in [6, 6.07) is 4.89. The molecule has 10 heteroatoms. The van der Waals surface area contributed by atoms with Crippen molar-refractivity contribution in [2.45, 2.75) is 37.6 Å². The minimum atomic E-state index is -1.70. The van der Waals surface area contributed by atoms with E-state index in [4.69, 9.17) is 9.47 Å². The van der Waals surface area contributed by atoms with Crippen LogP contribution in [0.1, 0.15) is 37.4 Å². The number of carbonyl (C=O) groups excluding carboxylic acids is 2. The standard InChI is InChI=1S/C21H20O10/c1-7-12(30-21-20(29)19(28)18(27)13(6-22)31-21)5-11-14(15(7)24)17(26)9-3-2-8(23)4-10(9)16(11)25/h2-5,13,18-24,27-29H,6H2,1H3/t13-,18-,19+,20-,21-/m0/s1. The second-order valence-electron chi connectivity index (χ2n) is 7.47. The van der Waals surface area contributed by atoms with Crippen LogP contribution in [-0.2, 0) is 4.74 Å². The van der Waals surface area contributed by atoms with Crippen LogP contribution < -0.4 is 4.74 Å². The van der Waals surface area contributed by atoms with Gasteiger partial charge in [0.25, 0.3) is 0 Å². The lowest BCUT2D eigenvalue weighted by Crippen LogP contribution is -2.60. The number of aliphatic hydroxyl groups is 4. The number of fused-ring (bicyclic) bond motifs is 2. The van der Waals surface area contributed by atoms with Gasteiger partial charge in [-0.15, -0.1) is 0 Å². The van der Waals surface area contributed by atoms with E-state index >= 15 is 0 Å². The first-order valence-corrected chi connectivity index (χ1v) is 9.41. The lowest BCUT2D eigenvalue weighted by molar-refractivity contribution is -0.277. The van der Waals surface area contributed by atoms with Crippen LogP contribution in [0.15, 0.2) is 24.3 Å². The quantitative estimate of drug-likeness (QED) is 0.312. The van der Waals surface area contributed by atoms with Gasteiger partial charge in [0.2, 0.25) is 6.29 Å². The van der Waals surface area contributed by atoms with Gasteiger partial charge in [-0.05, 0) is 31.2 Å². The average Bonchev–Trinajstić information content (AvgIpc) is 2.75. The fraction of sp³-hybridized carbons (Fsp3) is 0.333. The summed E-state index contributed by atoms with van der Waals surface area (Å²) in [5, 5.41) is 59.6. The number of aliphatic hydroxyl groups excluding tert-OH is 4. The van der Waals surface area contributed by atoms with Crippen LogP contribution in [0.2, 0.25) is 0 Å². The Hall–Kier alpha value is -3.02. The Labute approximate surface area is 175 Å². The number of benzene rings is 2. The molecule has 0 spiro atoms. The first-order valence-electron chi connectivity index (χ1n) is 9.41. The molecule has 2 aromatic carbocycles. The summed E-state index contributed by atoms with van der Waals surface area (Å²) in [6.45, 7) is 0.755. The highest BCUT2D eigenvalue weighted by molar-refractivity contribution is 6.29. The summed E-state index contributed by atoms with van der Waals surface area (Å²) in [5.41, 5.74) is -0.334. The molecule has 0 amide bonds. The van der Waals surface area contributed by atoms with Gasteiger partial charge in [-0.2, -0.15) is 0 Å². The van der Waals surface area contributed by atoms with Crippen LogP contribution in [0.3, 0.4) is 0 Å². The maximum atomic E-state index is 13.0. The topological polar surface area (TPSA) is 174 Å². The molecule has 0 unspecified atom stereocenters. The van der Waals surface area contributed by atoms with Gasteiger partial charge in [0, 0.05) is 22.3 Å². The molecule has 5 atom stereocenters. The molecule has 1 heterocycles. The van der Waals surface area contributed by atoms with E-state index in [9.17, 15) is 40.2 Å². The molecule has 1 saturated heterocycles. The number of aromatic hydroxyl groups is 2. The highest BCUT2D eigenvalue weighted by atomic mass is 16.7. The second kappa shape index (κ2) is 7.59. The molecule has 31 heavy (non-hydrogen) atoms. The SMILES string of the molecule is Cc1c(O[C@H]2O[C@@H](CO)[C@H](O)[C@@H](O)[C@@H]2O)cc2c(c1O)C(=O)c1ccc(O)cc1C2=O. The van der Waals surface area contributed by atoms with Crippen LogP contribution >= 0.6 is 0 Å². The number of rotatable bonds is 3. The highest BCUT2D eigenvalue weighted by Gasteiger charge is 2.45. The Balaban J connectivity index is 1.75. The fourth-order valence-electron chi connectivity index (χ4n) is 3.76. The van der Waals surface area contributed by atoms with E-state index < -0.39 is 54.6 Å². The molecule has 10 nitrogen and oxygen atoms in total. The Morgan fingerprint density at radius 3 is 2.32 bits per heavy atom. The smallest absolute Gasteiger partial charge is 0.229 e. The summed E-state index contributed by atoms with van der Waals surface area (Å²) >= 11 is 0. The van der Waals surface area contributed by atoms with Gasteiger partial charge < -0.3 is 40.1 Å². The van der Waals surface area contributed by atoms with Crippen molar-refractivity contribution in [3.05, 3.63) is 52.1 Å². The van der Waals surface area contributed by atoms with Crippen molar-refractivity contribution >= 4 is 11.6 Å². The Kier molecular flexibility index (Phi) is 5.20. The average molecular weight is 432 g/mol. The van der Waals surface area contributed by atoms with Crippen LogP contribution in [0, 0.1) is 6.92 Å². The molecule has 0 aromatic heterocycles. The number of ether oxygens (including phenoxy) is 2. The molecule has 2 aromatic rings. The second-order valence-corrected chi connectivity index (χ2v) is 7.47. The Morgan fingerprint density at radius 1 is 0.935 bits per heavy atom. The van der Waals surface area contributed by atoms with Crippen LogP contribution in [0.5, 0.6) is 17.2 Å². The zero-order chi connectivity index (χ0) is 22.6. The third-order valence-electron chi connectivity index (χ3n) is 5.56. The van der Waals surface area contributed by atoms with Crippen molar-refractivity contribution < 1.29 is 49.7 Å². The van der Waals surface area contributed by atoms with Crippen molar-refractivity contribution in [3.8, 4) is 17.2 Å². The first-order chi connectivity index (χ1) is 14.6. The molecule has 0 saturated carbocycles. The van der Waals surface area contributed by atoms with Crippen molar-refractivity contribution in [2.75, 3.05) is 6.61 Å². The number of hydrogen-bond acceptors (Lipinski definition) is 10. The van der Waals surface area contributed by atoms with Gasteiger partial charge in [0.1, 0.15) is 41.7 Å². The lowest BCUT2D eigenvalue weighted by Gasteiger charge is -2.39. The van der Waals surface area contributed by atoms with E-state index in [1.54, 1.807) is 0 Å². The maximum Gasteiger partial charge on any atom is 0.229 e. The number of ketones is 2. The van der Waals surface area contributed by atoms with Crippen LogP contribution in [0.4, 0.5) is 0 Å². The van der Waals surface area contributed by atoms with E-state index in [1.165, 1.54) is 25.1 Å². The predicted molar refractivity (Wildman–Crippen MR) is 102 cm³/mol. The molecular formula is C21H20O10. The van der Waals surface area contributed by atoms with Gasteiger partial charge in [0.15, 0.2) is 11.6 Å². The van der Waals surface area contributed by atoms with Crippen molar-refractivity contribution in [3.63, 3.8) is 0 Å². The minimum Gasteiger partial charge on any atom is -0.508 e. The molecule has 2 aliphatic rings. The van der Waals surface area contributed by atoms with Gasteiger partial charge in [0.05, 0.1) is 12.2 Å². The van der Waals surface area contributed by atoms with Crippen LogP contribution in [-0.4, -0.2) is 79.5 Å². The van der Waals surface area contributed by atoms with Crippen molar-refractivity contribution in [1.29, 1.82) is 0 Å². The summed E-state index contributed by atoms with van der Waals surface area (Å²) in [7, 11) is 0. The van der Waals surface area contributed by atoms with E-state index in [2.05, 4.69) is 0 Å². The monoisotopic (exact) mass is 432 g/mol. The molecule has 6 N–H and O–H groups in total. The largest absolute Gasteiger partial charge is 0.508 e. The van der Waals surface area contributed by atoms with E-state index in [-0.39, 0.29) is 39.3 Å². The zero-order valence-corrected chi connectivity index (χ0v) is 16.2. The van der Waals surface area contributed by atoms with Gasteiger partial charge in [-0.3, -0.25) is 9.59 Å². The molecule has 4 rings (SSSR count). The fourth-order valence-corrected chi connectivity index (χ4v) is 3.76. The number of hydrogen-bond donors (Lipinski definition) is 6. The van der Waals surface area contributed by atoms with Gasteiger partial charge >= 0.3 is 0 Å². The van der Waals surface area contributed by atoms with E-state index in [0.29, 0.717) is 0 Å². The maximum absolute atomic E-state index is 13.0. The minimum absolute atomic E-state index is 0.0348. The van der Waals surface area contributed by atoms with Gasteiger partial charge in [-0.25, -0.2) is 0 Å². The summed E-state index contributed by atoms with van der Waals surface area (Å²) in [6.07, 6.45) is -7.72. The number of phenolic OH excluding ortho intramolecular Hbond substituents is 2. The van der Waals surface area contributed by atoms with E-state index in [0.717, 1.165) is 6.07 Å². The number of phenols is 2. The molecule has 1 fully saturated rings. The summed E-state index contributed by atoms with van der Waals surface area (Å²) in [4.78, 5) is 25.8. The molecular weight excluding hydrogens is 412 g/mol. The Bertz CT molecular complexity index is 1080. The molecule has 1 aliphatic heterocycles. The normalized spacial score (nSPS) is 27.6. The molecule has 0 bridgehead atoms. The third-order valence-corrected chi connectivity index (χ3v) is 5.56. The predicted octanol–water partition coefficient (Wildman–Crippen LogP) is -0.640. The van der Waals surface area contributed by atoms with Gasteiger partial charge in [-0.1, -0.05) is 0 Å². The highest BCUT2D eigenvalue weighted by Crippen LogP contribution is 2.41.